The fraction of sp³-hybridized carbons (Fsp3) is 0.350. The number of benzene rings is 2. The van der Waals surface area contributed by atoms with Gasteiger partial charge in [0.2, 0.25) is 5.91 Å². The molecular weight excluding hydrogens is 302 g/mol. The van der Waals surface area contributed by atoms with E-state index in [-0.39, 0.29) is 5.91 Å². The van der Waals surface area contributed by atoms with Crippen molar-refractivity contribution < 1.29 is 14.3 Å². The van der Waals surface area contributed by atoms with E-state index >= 15 is 0 Å². The third-order valence-electron chi connectivity index (χ3n) is 4.02. The van der Waals surface area contributed by atoms with E-state index in [4.69, 9.17) is 9.47 Å². The molecule has 126 valence electrons. The van der Waals surface area contributed by atoms with Gasteiger partial charge >= 0.3 is 0 Å². The number of fused-ring (bicyclic) bond motifs is 1. The molecule has 0 aromatic heterocycles. The molecule has 2 aromatic rings. The second-order valence-electron chi connectivity index (χ2n) is 5.94. The number of amides is 1. The van der Waals surface area contributed by atoms with Crippen LogP contribution in [-0.4, -0.2) is 19.1 Å². The lowest BCUT2D eigenvalue weighted by atomic mass is 10.0. The third-order valence-corrected chi connectivity index (χ3v) is 4.02. The van der Waals surface area contributed by atoms with Crippen molar-refractivity contribution in [1.82, 2.24) is 5.32 Å². The SMILES string of the molecule is O=C(CCCOc1ccccc1)NCc1ccc2c(c1)CCCO2. The molecule has 4 nitrogen and oxygen atoms in total. The third kappa shape index (κ3) is 4.75. The van der Waals surface area contributed by atoms with Gasteiger partial charge in [-0.15, -0.1) is 0 Å². The summed E-state index contributed by atoms with van der Waals surface area (Å²) in [5, 5.41) is 2.97. The predicted octanol–water partition coefficient (Wildman–Crippen LogP) is 3.49. The van der Waals surface area contributed by atoms with Gasteiger partial charge in [0.25, 0.3) is 0 Å². The first-order valence-corrected chi connectivity index (χ1v) is 8.50. The molecule has 0 aliphatic carbocycles. The van der Waals surface area contributed by atoms with Crippen LogP contribution >= 0.6 is 0 Å². The largest absolute Gasteiger partial charge is 0.494 e. The summed E-state index contributed by atoms with van der Waals surface area (Å²) in [5.74, 6) is 1.88. The van der Waals surface area contributed by atoms with Crippen molar-refractivity contribution in [2.75, 3.05) is 13.2 Å². The van der Waals surface area contributed by atoms with E-state index in [0.29, 0.717) is 26.0 Å². The molecule has 24 heavy (non-hydrogen) atoms. The van der Waals surface area contributed by atoms with Crippen LogP contribution < -0.4 is 14.8 Å². The highest BCUT2D eigenvalue weighted by molar-refractivity contribution is 5.75. The number of rotatable bonds is 7. The smallest absolute Gasteiger partial charge is 0.220 e. The summed E-state index contributed by atoms with van der Waals surface area (Å²) in [5.41, 5.74) is 2.36. The number of hydrogen-bond donors (Lipinski definition) is 1. The minimum Gasteiger partial charge on any atom is -0.494 e. The van der Waals surface area contributed by atoms with Crippen LogP contribution in [0.2, 0.25) is 0 Å². The number of aryl methyl sites for hydroxylation is 1. The van der Waals surface area contributed by atoms with E-state index < -0.39 is 0 Å². The van der Waals surface area contributed by atoms with Crippen LogP contribution in [0.5, 0.6) is 11.5 Å². The van der Waals surface area contributed by atoms with Gasteiger partial charge in [0.05, 0.1) is 13.2 Å². The van der Waals surface area contributed by atoms with E-state index in [0.717, 1.165) is 36.5 Å². The molecule has 2 aromatic carbocycles. The average molecular weight is 325 g/mol. The molecule has 0 fully saturated rings. The lowest BCUT2D eigenvalue weighted by Gasteiger charge is -2.18. The molecule has 1 aliphatic heterocycles. The Balaban J connectivity index is 1.36. The first-order chi connectivity index (χ1) is 11.8. The van der Waals surface area contributed by atoms with Crippen LogP contribution in [0.25, 0.3) is 0 Å². The van der Waals surface area contributed by atoms with Gasteiger partial charge in [-0.1, -0.05) is 30.3 Å². The van der Waals surface area contributed by atoms with Gasteiger partial charge < -0.3 is 14.8 Å². The van der Waals surface area contributed by atoms with E-state index in [1.807, 2.05) is 42.5 Å². The maximum Gasteiger partial charge on any atom is 0.220 e. The number of para-hydroxylation sites is 1. The molecule has 1 aliphatic rings. The Morgan fingerprint density at radius 1 is 1.17 bits per heavy atom. The highest BCUT2D eigenvalue weighted by atomic mass is 16.5. The molecule has 0 saturated heterocycles. The second kappa shape index (κ2) is 8.39. The van der Waals surface area contributed by atoms with Gasteiger partial charge in [-0.3, -0.25) is 4.79 Å². The predicted molar refractivity (Wildman–Crippen MR) is 93.3 cm³/mol. The zero-order valence-corrected chi connectivity index (χ0v) is 13.8. The number of carbonyl (C=O) groups is 1. The number of nitrogens with one attached hydrogen (secondary N) is 1. The Kier molecular flexibility index (Phi) is 5.72. The van der Waals surface area contributed by atoms with E-state index in [2.05, 4.69) is 11.4 Å². The monoisotopic (exact) mass is 325 g/mol. The lowest BCUT2D eigenvalue weighted by Crippen LogP contribution is -2.23. The lowest BCUT2D eigenvalue weighted by molar-refractivity contribution is -0.121. The van der Waals surface area contributed by atoms with Gasteiger partial charge in [0.15, 0.2) is 0 Å². The van der Waals surface area contributed by atoms with Crippen molar-refractivity contribution >= 4 is 5.91 Å². The first-order valence-electron chi connectivity index (χ1n) is 8.50. The van der Waals surface area contributed by atoms with Gasteiger partial charge in [0.1, 0.15) is 11.5 Å². The Morgan fingerprint density at radius 3 is 2.92 bits per heavy atom. The Morgan fingerprint density at radius 2 is 2.04 bits per heavy atom. The van der Waals surface area contributed by atoms with E-state index in [9.17, 15) is 4.79 Å². The van der Waals surface area contributed by atoms with Crippen LogP contribution in [0.15, 0.2) is 48.5 Å². The van der Waals surface area contributed by atoms with Crippen LogP contribution in [0.1, 0.15) is 30.4 Å². The van der Waals surface area contributed by atoms with Crippen molar-refractivity contribution in [3.05, 3.63) is 59.7 Å². The second-order valence-corrected chi connectivity index (χ2v) is 5.94. The molecule has 0 radical (unpaired) electrons. The van der Waals surface area contributed by atoms with Crippen molar-refractivity contribution in [2.45, 2.75) is 32.2 Å². The molecule has 1 amide bonds. The zero-order chi connectivity index (χ0) is 16.6. The molecule has 0 atom stereocenters. The quantitative estimate of drug-likeness (QED) is 0.793. The number of ether oxygens (including phenoxy) is 2. The first kappa shape index (κ1) is 16.4. The molecule has 4 heteroatoms. The average Bonchev–Trinajstić information content (AvgIpc) is 2.64. The van der Waals surface area contributed by atoms with E-state index in [1.54, 1.807) is 0 Å². The molecule has 0 spiro atoms. The van der Waals surface area contributed by atoms with Crippen molar-refractivity contribution in [3.8, 4) is 11.5 Å². The molecule has 0 bridgehead atoms. The van der Waals surface area contributed by atoms with Gasteiger partial charge in [0, 0.05) is 13.0 Å². The molecule has 1 N–H and O–H groups in total. The highest BCUT2D eigenvalue weighted by Gasteiger charge is 2.10. The summed E-state index contributed by atoms with van der Waals surface area (Å²) in [6, 6.07) is 15.8. The van der Waals surface area contributed by atoms with Crippen molar-refractivity contribution in [3.63, 3.8) is 0 Å². The van der Waals surface area contributed by atoms with Crippen molar-refractivity contribution in [2.24, 2.45) is 0 Å². The Bertz CT molecular complexity index is 670. The van der Waals surface area contributed by atoms with Gasteiger partial charge in [-0.2, -0.15) is 0 Å². The maximum absolute atomic E-state index is 11.9. The summed E-state index contributed by atoms with van der Waals surface area (Å²) in [6.07, 6.45) is 3.29. The van der Waals surface area contributed by atoms with Crippen LogP contribution in [0.3, 0.4) is 0 Å². The van der Waals surface area contributed by atoms with Crippen LogP contribution in [0, 0.1) is 0 Å². The fourth-order valence-electron chi connectivity index (χ4n) is 2.75. The minimum atomic E-state index is 0.0561. The molecule has 0 unspecified atom stereocenters. The standard InChI is InChI=1S/C20H23NO3/c22-20(9-5-12-23-18-7-2-1-3-8-18)21-15-16-10-11-19-17(14-16)6-4-13-24-19/h1-3,7-8,10-11,14H,4-6,9,12-13,15H2,(H,21,22). The normalized spacial score (nSPS) is 12.8. The fourth-order valence-corrected chi connectivity index (χ4v) is 2.75. The van der Waals surface area contributed by atoms with Gasteiger partial charge in [-0.05, 0) is 48.6 Å². The Labute approximate surface area is 142 Å². The molecule has 3 rings (SSSR count). The number of hydrogen-bond acceptors (Lipinski definition) is 3. The summed E-state index contributed by atoms with van der Waals surface area (Å²) in [7, 11) is 0. The Hall–Kier alpha value is -2.49. The minimum absolute atomic E-state index is 0.0561. The highest BCUT2D eigenvalue weighted by Crippen LogP contribution is 2.25. The zero-order valence-electron chi connectivity index (χ0n) is 13.8. The molecular formula is C20H23NO3. The summed E-state index contributed by atoms with van der Waals surface area (Å²) >= 11 is 0. The molecule has 0 saturated carbocycles. The van der Waals surface area contributed by atoms with Crippen LogP contribution in [0.4, 0.5) is 0 Å². The van der Waals surface area contributed by atoms with Crippen molar-refractivity contribution in [1.29, 1.82) is 0 Å². The van der Waals surface area contributed by atoms with E-state index in [1.165, 1.54) is 5.56 Å². The van der Waals surface area contributed by atoms with Crippen LogP contribution in [-0.2, 0) is 17.8 Å². The summed E-state index contributed by atoms with van der Waals surface area (Å²) in [4.78, 5) is 11.9. The number of carbonyl (C=O) groups excluding carboxylic acids is 1. The summed E-state index contributed by atoms with van der Waals surface area (Å²) < 4.78 is 11.2. The topological polar surface area (TPSA) is 47.6 Å². The maximum atomic E-state index is 11.9. The van der Waals surface area contributed by atoms with Gasteiger partial charge in [-0.25, -0.2) is 0 Å². The summed E-state index contributed by atoms with van der Waals surface area (Å²) in [6.45, 7) is 1.91. The molecule has 1 heterocycles.